The number of hydrogen-bond donors (Lipinski definition) is 3. The molecule has 160 valence electrons. The lowest BCUT2D eigenvalue weighted by molar-refractivity contribution is 0.136. The summed E-state index contributed by atoms with van der Waals surface area (Å²) in [6.07, 6.45) is 2.38. The molecule has 4 rings (SSSR count). The molecule has 0 amide bonds. The van der Waals surface area contributed by atoms with Gasteiger partial charge < -0.3 is 25.4 Å². The van der Waals surface area contributed by atoms with E-state index in [0.717, 1.165) is 26.2 Å². The molecule has 0 radical (unpaired) electrons. The molecule has 0 saturated carbocycles. The number of aliphatic hydroxyl groups is 1. The molecule has 0 aliphatic carbocycles. The number of rotatable bonds is 8. The molecule has 11 nitrogen and oxygen atoms in total. The minimum atomic E-state index is -0.765. The molecule has 0 aromatic carbocycles. The van der Waals surface area contributed by atoms with Crippen molar-refractivity contribution in [3.8, 4) is 0 Å². The third kappa shape index (κ3) is 4.32. The Hall–Kier alpha value is -2.89. The van der Waals surface area contributed by atoms with E-state index in [0.29, 0.717) is 54.1 Å². The van der Waals surface area contributed by atoms with Crippen molar-refractivity contribution in [1.29, 1.82) is 0 Å². The van der Waals surface area contributed by atoms with Crippen LogP contribution in [-0.2, 0) is 11.3 Å². The largest absolute Gasteiger partial charge is 0.387 e. The molecule has 1 atom stereocenters. The third-order valence-electron chi connectivity index (χ3n) is 4.88. The second-order valence-electron chi connectivity index (χ2n) is 7.01. The molecule has 1 unspecified atom stereocenters. The van der Waals surface area contributed by atoms with Crippen molar-refractivity contribution in [2.75, 3.05) is 49.6 Å². The van der Waals surface area contributed by atoms with Crippen LogP contribution in [0.5, 0.6) is 0 Å². The van der Waals surface area contributed by atoms with Crippen LogP contribution in [0.25, 0.3) is 11.0 Å². The molecule has 0 spiro atoms. The Balaban J connectivity index is 1.84. The van der Waals surface area contributed by atoms with E-state index >= 15 is 0 Å². The maximum Gasteiger partial charge on any atom is 0.228 e. The Morgan fingerprint density at radius 1 is 1.30 bits per heavy atom. The number of aliphatic hydroxyl groups excluding tert-OH is 1. The van der Waals surface area contributed by atoms with E-state index in [1.54, 1.807) is 23.9 Å². The van der Waals surface area contributed by atoms with Crippen molar-refractivity contribution in [1.82, 2.24) is 35.0 Å². The standard InChI is InChI=1S/C19H27N9O2/c1-3-30-11-10-28-17-16(15(26-28)13(2)29)24-19(27-8-6-20-7-9-27)25-18(17)23-14-4-5-21-12-22-14/h4-5,12-13,20,29H,3,6-11H2,1-2H3,(H,21,22,23,24,25). The molecule has 3 aromatic rings. The summed E-state index contributed by atoms with van der Waals surface area (Å²) >= 11 is 0. The molecular weight excluding hydrogens is 386 g/mol. The van der Waals surface area contributed by atoms with Crippen LogP contribution in [0.2, 0.25) is 0 Å². The van der Waals surface area contributed by atoms with Crippen LogP contribution in [0.15, 0.2) is 18.6 Å². The highest BCUT2D eigenvalue weighted by Crippen LogP contribution is 2.30. The summed E-state index contributed by atoms with van der Waals surface area (Å²) in [6.45, 7) is 8.64. The summed E-state index contributed by atoms with van der Waals surface area (Å²) in [5.74, 6) is 1.81. The average molecular weight is 413 g/mol. The highest BCUT2D eigenvalue weighted by atomic mass is 16.5. The van der Waals surface area contributed by atoms with Gasteiger partial charge in [0.25, 0.3) is 0 Å². The Kier molecular flexibility index (Phi) is 6.31. The number of ether oxygens (including phenoxy) is 1. The van der Waals surface area contributed by atoms with Gasteiger partial charge in [-0.15, -0.1) is 0 Å². The fourth-order valence-electron chi connectivity index (χ4n) is 3.41. The summed E-state index contributed by atoms with van der Waals surface area (Å²) < 4.78 is 7.30. The normalized spacial score (nSPS) is 15.5. The first kappa shape index (κ1) is 20.4. The van der Waals surface area contributed by atoms with Crippen LogP contribution in [0, 0.1) is 0 Å². The van der Waals surface area contributed by atoms with Gasteiger partial charge in [0.2, 0.25) is 5.95 Å². The molecule has 0 bridgehead atoms. The fraction of sp³-hybridized carbons (Fsp3) is 0.526. The van der Waals surface area contributed by atoms with Crippen LogP contribution in [0.4, 0.5) is 17.6 Å². The molecule has 1 saturated heterocycles. The van der Waals surface area contributed by atoms with Crippen LogP contribution < -0.4 is 15.5 Å². The minimum Gasteiger partial charge on any atom is -0.387 e. The summed E-state index contributed by atoms with van der Waals surface area (Å²) in [5.41, 5.74) is 1.86. The van der Waals surface area contributed by atoms with Gasteiger partial charge in [0.05, 0.1) is 19.3 Å². The second kappa shape index (κ2) is 9.28. The molecule has 3 N–H and O–H groups in total. The van der Waals surface area contributed by atoms with Crippen molar-refractivity contribution in [2.45, 2.75) is 26.5 Å². The Labute approximate surface area is 174 Å². The van der Waals surface area contributed by atoms with Crippen molar-refractivity contribution < 1.29 is 9.84 Å². The smallest absolute Gasteiger partial charge is 0.228 e. The molecule has 30 heavy (non-hydrogen) atoms. The van der Waals surface area contributed by atoms with Gasteiger partial charge in [-0.1, -0.05) is 0 Å². The second-order valence-corrected chi connectivity index (χ2v) is 7.01. The number of piperazine rings is 1. The lowest BCUT2D eigenvalue weighted by Gasteiger charge is -2.27. The van der Waals surface area contributed by atoms with Crippen LogP contribution in [-0.4, -0.2) is 74.2 Å². The monoisotopic (exact) mass is 413 g/mol. The SMILES string of the molecule is CCOCCn1nc(C(C)O)c2nc(N3CCNCC3)nc(Nc3ccncn3)c21. The molecular formula is C19H27N9O2. The summed E-state index contributed by atoms with van der Waals surface area (Å²) in [5, 5.41) is 21.6. The fourth-order valence-corrected chi connectivity index (χ4v) is 3.41. The van der Waals surface area contributed by atoms with E-state index in [-0.39, 0.29) is 0 Å². The van der Waals surface area contributed by atoms with Crippen LogP contribution >= 0.6 is 0 Å². The first-order chi connectivity index (χ1) is 14.7. The number of hydrogen-bond acceptors (Lipinski definition) is 10. The van der Waals surface area contributed by atoms with Gasteiger partial charge in [-0.25, -0.2) is 15.0 Å². The number of aromatic nitrogens is 6. The van der Waals surface area contributed by atoms with Crippen LogP contribution in [0.1, 0.15) is 25.6 Å². The highest BCUT2D eigenvalue weighted by molar-refractivity contribution is 5.90. The number of nitrogens with zero attached hydrogens (tertiary/aromatic N) is 7. The van der Waals surface area contributed by atoms with Gasteiger partial charge in [0.15, 0.2) is 5.82 Å². The van der Waals surface area contributed by atoms with E-state index in [4.69, 9.17) is 14.7 Å². The minimum absolute atomic E-state index is 0.499. The topological polar surface area (TPSA) is 126 Å². The van der Waals surface area contributed by atoms with Gasteiger partial charge in [-0.3, -0.25) is 4.68 Å². The molecule has 4 heterocycles. The zero-order valence-electron chi connectivity index (χ0n) is 17.2. The maximum atomic E-state index is 10.4. The van der Waals surface area contributed by atoms with E-state index in [1.165, 1.54) is 6.33 Å². The highest BCUT2D eigenvalue weighted by Gasteiger charge is 2.24. The first-order valence-corrected chi connectivity index (χ1v) is 10.2. The number of anilines is 3. The number of fused-ring (bicyclic) bond motifs is 1. The van der Waals surface area contributed by atoms with E-state index in [9.17, 15) is 5.11 Å². The molecule has 1 aliphatic heterocycles. The van der Waals surface area contributed by atoms with Crippen molar-refractivity contribution >= 4 is 28.6 Å². The summed E-state index contributed by atoms with van der Waals surface area (Å²) in [4.78, 5) is 20.0. The molecule has 11 heteroatoms. The molecule has 3 aromatic heterocycles. The van der Waals surface area contributed by atoms with Gasteiger partial charge in [0.1, 0.15) is 28.9 Å². The van der Waals surface area contributed by atoms with E-state index in [2.05, 4.69) is 30.6 Å². The summed E-state index contributed by atoms with van der Waals surface area (Å²) in [6, 6.07) is 1.77. The van der Waals surface area contributed by atoms with Gasteiger partial charge in [0, 0.05) is 39.0 Å². The Morgan fingerprint density at radius 3 is 2.83 bits per heavy atom. The van der Waals surface area contributed by atoms with Gasteiger partial charge in [-0.2, -0.15) is 10.1 Å². The van der Waals surface area contributed by atoms with E-state index < -0.39 is 6.10 Å². The summed E-state index contributed by atoms with van der Waals surface area (Å²) in [7, 11) is 0. The lowest BCUT2D eigenvalue weighted by Crippen LogP contribution is -2.44. The van der Waals surface area contributed by atoms with Gasteiger partial charge in [-0.05, 0) is 19.9 Å². The Bertz CT molecular complexity index is 971. The average Bonchev–Trinajstić information content (AvgIpc) is 3.14. The predicted octanol–water partition coefficient (Wildman–Crippen LogP) is 0.859. The first-order valence-electron chi connectivity index (χ1n) is 10.2. The zero-order valence-corrected chi connectivity index (χ0v) is 17.2. The van der Waals surface area contributed by atoms with E-state index in [1.807, 2.05) is 6.92 Å². The van der Waals surface area contributed by atoms with Crippen molar-refractivity contribution in [3.05, 3.63) is 24.3 Å². The lowest BCUT2D eigenvalue weighted by atomic mass is 10.2. The van der Waals surface area contributed by atoms with Crippen molar-refractivity contribution in [3.63, 3.8) is 0 Å². The van der Waals surface area contributed by atoms with Gasteiger partial charge >= 0.3 is 0 Å². The molecule has 1 fully saturated rings. The third-order valence-corrected chi connectivity index (χ3v) is 4.88. The Morgan fingerprint density at radius 2 is 2.13 bits per heavy atom. The van der Waals surface area contributed by atoms with Crippen LogP contribution in [0.3, 0.4) is 0 Å². The predicted molar refractivity (Wildman–Crippen MR) is 113 cm³/mol. The zero-order chi connectivity index (χ0) is 20.9. The quantitative estimate of drug-likeness (QED) is 0.458. The van der Waals surface area contributed by atoms with Crippen molar-refractivity contribution in [2.24, 2.45) is 0 Å². The maximum absolute atomic E-state index is 10.4. The number of nitrogens with one attached hydrogen (secondary N) is 2. The molecule has 1 aliphatic rings.